The molecule has 1 aliphatic rings. The van der Waals surface area contributed by atoms with E-state index in [0.717, 1.165) is 31.6 Å². The van der Waals surface area contributed by atoms with Gasteiger partial charge in [-0.05, 0) is 57.0 Å². The Hall–Kier alpha value is -2.09. The van der Waals surface area contributed by atoms with E-state index < -0.39 is 11.9 Å². The van der Waals surface area contributed by atoms with E-state index in [2.05, 4.69) is 5.32 Å². The Labute approximate surface area is 173 Å². The summed E-state index contributed by atoms with van der Waals surface area (Å²) in [6.07, 6.45) is 3.84. The number of nitrogens with zero attached hydrogens (tertiary/aromatic N) is 1. The molecule has 1 aromatic rings. The summed E-state index contributed by atoms with van der Waals surface area (Å²) in [6.45, 7) is 4.59. The van der Waals surface area contributed by atoms with Crippen molar-refractivity contribution in [3.05, 3.63) is 40.4 Å². The molecule has 0 bridgehead atoms. The average molecular weight is 431 g/mol. The molecule has 154 valence electrons. The van der Waals surface area contributed by atoms with Crippen LogP contribution >= 0.6 is 23.2 Å². The van der Waals surface area contributed by atoms with Crippen LogP contribution in [0.25, 0.3) is 0 Å². The minimum atomic E-state index is -1.26. The lowest BCUT2D eigenvalue weighted by Gasteiger charge is -2.27. The highest BCUT2D eigenvalue weighted by Gasteiger charge is 2.22. The second-order valence-corrected chi connectivity index (χ2v) is 6.98. The molecule has 0 aromatic heterocycles. The zero-order chi connectivity index (χ0) is 21.1. The number of anilines is 1. The molecule has 0 aliphatic carbocycles. The molecule has 1 amide bonds. The molecular formula is C19H24Cl2N2O5. The summed E-state index contributed by atoms with van der Waals surface area (Å²) in [7, 11) is 0. The van der Waals surface area contributed by atoms with Gasteiger partial charge < -0.3 is 20.4 Å². The molecule has 1 fully saturated rings. The van der Waals surface area contributed by atoms with Gasteiger partial charge in [-0.1, -0.05) is 23.2 Å². The van der Waals surface area contributed by atoms with E-state index in [1.54, 1.807) is 17.0 Å². The van der Waals surface area contributed by atoms with Crippen molar-refractivity contribution in [1.82, 2.24) is 5.32 Å². The number of carbonyl (C=O) groups is 3. The third-order valence-electron chi connectivity index (χ3n) is 4.11. The molecule has 7 nitrogen and oxygen atoms in total. The highest BCUT2D eigenvalue weighted by atomic mass is 35.5. The van der Waals surface area contributed by atoms with E-state index in [1.165, 1.54) is 0 Å². The molecule has 9 heteroatoms. The maximum absolute atomic E-state index is 12.5. The largest absolute Gasteiger partial charge is 0.478 e. The fraction of sp³-hybridized carbons (Fsp3) is 0.421. The second-order valence-electron chi connectivity index (χ2n) is 6.14. The molecule has 0 radical (unpaired) electrons. The van der Waals surface area contributed by atoms with Gasteiger partial charge in [0.25, 0.3) is 0 Å². The maximum atomic E-state index is 12.5. The average Bonchev–Trinajstić information content (AvgIpc) is 2.64. The van der Waals surface area contributed by atoms with E-state index in [4.69, 9.17) is 33.4 Å². The van der Waals surface area contributed by atoms with Crippen LogP contribution in [-0.2, 0) is 14.4 Å². The van der Waals surface area contributed by atoms with Crippen LogP contribution in [0, 0.1) is 5.92 Å². The van der Waals surface area contributed by atoms with E-state index in [0.29, 0.717) is 41.1 Å². The molecule has 0 saturated carbocycles. The fourth-order valence-electron chi connectivity index (χ4n) is 2.77. The standard InChI is InChI=1S/C15H20Cl2N2O.C4H4O4/c1-2-19(14-4-3-12(16)10-13(14)17)15(20)9-11-5-7-18-8-6-11;5-3(6)1-2-4(7)8/h3-4,10-11,18H,2,5-9H2,1H3;1-2H,(H,5,6)(H,7,8)/b;2-1+. The number of piperidine rings is 1. The Morgan fingerprint density at radius 3 is 2.18 bits per heavy atom. The van der Waals surface area contributed by atoms with E-state index in [1.807, 2.05) is 13.0 Å². The third-order valence-corrected chi connectivity index (χ3v) is 4.65. The van der Waals surface area contributed by atoms with Crippen LogP contribution in [-0.4, -0.2) is 47.7 Å². The first-order chi connectivity index (χ1) is 13.2. The number of amides is 1. The summed E-state index contributed by atoms with van der Waals surface area (Å²) in [4.78, 5) is 33.4. The highest BCUT2D eigenvalue weighted by molar-refractivity contribution is 6.36. The van der Waals surface area contributed by atoms with Crippen LogP contribution in [0.15, 0.2) is 30.4 Å². The quantitative estimate of drug-likeness (QED) is 0.596. The fourth-order valence-corrected chi connectivity index (χ4v) is 3.28. The van der Waals surface area contributed by atoms with Crippen molar-refractivity contribution in [1.29, 1.82) is 0 Å². The number of carbonyl (C=O) groups excluding carboxylic acids is 1. The van der Waals surface area contributed by atoms with Crippen LogP contribution in [0.2, 0.25) is 10.0 Å². The Balaban J connectivity index is 0.000000416. The van der Waals surface area contributed by atoms with Gasteiger partial charge in [-0.15, -0.1) is 0 Å². The van der Waals surface area contributed by atoms with Crippen molar-refractivity contribution >= 4 is 46.7 Å². The van der Waals surface area contributed by atoms with E-state index in [9.17, 15) is 14.4 Å². The number of halogens is 2. The number of rotatable bonds is 6. The van der Waals surface area contributed by atoms with Crippen LogP contribution in [0.5, 0.6) is 0 Å². The van der Waals surface area contributed by atoms with Gasteiger partial charge in [0.2, 0.25) is 5.91 Å². The predicted molar refractivity (Wildman–Crippen MR) is 109 cm³/mol. The summed E-state index contributed by atoms with van der Waals surface area (Å²) in [5.74, 6) is -1.90. The summed E-state index contributed by atoms with van der Waals surface area (Å²) in [5.41, 5.74) is 0.748. The summed E-state index contributed by atoms with van der Waals surface area (Å²) in [6, 6.07) is 5.26. The number of carboxylic acid groups (broad SMARTS) is 2. The Bertz CT molecular complexity index is 702. The lowest BCUT2D eigenvalue weighted by molar-refractivity contribution is -0.134. The van der Waals surface area contributed by atoms with Crippen molar-refractivity contribution in [2.75, 3.05) is 24.5 Å². The monoisotopic (exact) mass is 430 g/mol. The lowest BCUT2D eigenvalue weighted by Crippen LogP contribution is -2.35. The molecule has 0 spiro atoms. The molecule has 2 rings (SSSR count). The molecular weight excluding hydrogens is 407 g/mol. The van der Waals surface area contributed by atoms with Crippen molar-refractivity contribution < 1.29 is 24.6 Å². The molecule has 1 aromatic carbocycles. The Morgan fingerprint density at radius 2 is 1.71 bits per heavy atom. The van der Waals surface area contributed by atoms with Crippen molar-refractivity contribution in [3.63, 3.8) is 0 Å². The first kappa shape index (κ1) is 23.9. The predicted octanol–water partition coefficient (Wildman–Crippen LogP) is 3.45. The number of hydrogen-bond acceptors (Lipinski definition) is 4. The van der Waals surface area contributed by atoms with Gasteiger partial charge in [-0.2, -0.15) is 0 Å². The molecule has 28 heavy (non-hydrogen) atoms. The van der Waals surface area contributed by atoms with Crippen LogP contribution < -0.4 is 10.2 Å². The second kappa shape index (κ2) is 12.4. The highest BCUT2D eigenvalue weighted by Crippen LogP contribution is 2.30. The molecule has 1 aliphatic heterocycles. The lowest BCUT2D eigenvalue weighted by atomic mass is 9.94. The Kier molecular flexibility index (Phi) is 10.6. The minimum Gasteiger partial charge on any atom is -0.478 e. The Morgan fingerprint density at radius 1 is 1.14 bits per heavy atom. The molecule has 1 saturated heterocycles. The molecule has 0 atom stereocenters. The summed E-state index contributed by atoms with van der Waals surface area (Å²) < 4.78 is 0. The molecule has 3 N–H and O–H groups in total. The normalized spacial score (nSPS) is 14.2. The summed E-state index contributed by atoms with van der Waals surface area (Å²) >= 11 is 12.1. The number of carboxylic acids is 2. The first-order valence-corrected chi connectivity index (χ1v) is 9.60. The third kappa shape index (κ3) is 8.73. The van der Waals surface area contributed by atoms with Crippen molar-refractivity contribution in [3.8, 4) is 0 Å². The van der Waals surface area contributed by atoms with Crippen LogP contribution in [0.3, 0.4) is 0 Å². The van der Waals surface area contributed by atoms with E-state index >= 15 is 0 Å². The number of aliphatic carboxylic acids is 2. The number of nitrogens with one attached hydrogen (secondary N) is 1. The van der Waals surface area contributed by atoms with Gasteiger partial charge in [-0.3, -0.25) is 4.79 Å². The SMILES string of the molecule is CCN(C(=O)CC1CCNCC1)c1ccc(Cl)cc1Cl.O=C(O)/C=C/C(=O)O. The number of benzene rings is 1. The summed E-state index contributed by atoms with van der Waals surface area (Å²) in [5, 5.41) is 20.1. The van der Waals surface area contributed by atoms with Gasteiger partial charge in [-0.25, -0.2) is 9.59 Å². The first-order valence-electron chi connectivity index (χ1n) is 8.84. The zero-order valence-corrected chi connectivity index (χ0v) is 17.0. The zero-order valence-electron chi connectivity index (χ0n) is 15.5. The van der Waals surface area contributed by atoms with Gasteiger partial charge >= 0.3 is 11.9 Å². The smallest absolute Gasteiger partial charge is 0.328 e. The molecule has 1 heterocycles. The van der Waals surface area contributed by atoms with Crippen LogP contribution in [0.4, 0.5) is 5.69 Å². The van der Waals surface area contributed by atoms with Crippen molar-refractivity contribution in [2.45, 2.75) is 26.2 Å². The van der Waals surface area contributed by atoms with Crippen molar-refractivity contribution in [2.24, 2.45) is 5.92 Å². The maximum Gasteiger partial charge on any atom is 0.328 e. The van der Waals surface area contributed by atoms with Gasteiger partial charge in [0.15, 0.2) is 0 Å². The van der Waals surface area contributed by atoms with Gasteiger partial charge in [0.05, 0.1) is 10.7 Å². The van der Waals surface area contributed by atoms with Crippen LogP contribution in [0.1, 0.15) is 26.2 Å². The number of hydrogen-bond donors (Lipinski definition) is 3. The van der Waals surface area contributed by atoms with E-state index in [-0.39, 0.29) is 5.91 Å². The minimum absolute atomic E-state index is 0.142. The topological polar surface area (TPSA) is 107 Å². The van der Waals surface area contributed by atoms with Gasteiger partial charge in [0.1, 0.15) is 0 Å². The van der Waals surface area contributed by atoms with Gasteiger partial charge in [0, 0.05) is 30.1 Å². The molecule has 0 unspecified atom stereocenters.